The molecule has 11 heteroatoms. The molecule has 0 aromatic heterocycles. The van der Waals surface area contributed by atoms with E-state index in [4.69, 9.17) is 16.3 Å². The third-order valence-electron chi connectivity index (χ3n) is 7.20. The summed E-state index contributed by atoms with van der Waals surface area (Å²) in [5.41, 5.74) is 1.53. The molecule has 0 aliphatic carbocycles. The molecule has 4 aromatic carbocycles. The number of benzene rings is 4. The molecule has 8 nitrogen and oxygen atoms in total. The molecule has 0 saturated carbocycles. The smallest absolute Gasteiger partial charge is 0.264 e. The fourth-order valence-corrected chi connectivity index (χ4v) is 6.45. The summed E-state index contributed by atoms with van der Waals surface area (Å²) in [7, 11) is -4.34. The van der Waals surface area contributed by atoms with Gasteiger partial charge in [0, 0.05) is 24.5 Å². The number of halogens is 2. The number of rotatable bonds is 15. The Morgan fingerprint density at radius 3 is 2.17 bits per heavy atom. The number of hydrogen-bond acceptors (Lipinski definition) is 5. The van der Waals surface area contributed by atoms with E-state index in [9.17, 15) is 22.4 Å². The van der Waals surface area contributed by atoms with Crippen LogP contribution in [-0.2, 0) is 32.6 Å². The predicted octanol–water partition coefficient (Wildman–Crippen LogP) is 6.24. The molecule has 0 bridgehead atoms. The summed E-state index contributed by atoms with van der Waals surface area (Å²) in [5.74, 6) is -1.21. The van der Waals surface area contributed by atoms with Gasteiger partial charge in [-0.1, -0.05) is 73.1 Å². The maximum absolute atomic E-state index is 14.5. The van der Waals surface area contributed by atoms with Gasteiger partial charge in [0.1, 0.15) is 24.2 Å². The van der Waals surface area contributed by atoms with Crippen molar-refractivity contribution in [1.82, 2.24) is 10.2 Å². The second-order valence-electron chi connectivity index (χ2n) is 10.5. The Bertz CT molecular complexity index is 1700. The maximum Gasteiger partial charge on any atom is 0.264 e. The van der Waals surface area contributed by atoms with E-state index in [1.54, 1.807) is 31.2 Å². The van der Waals surface area contributed by atoms with E-state index in [-0.39, 0.29) is 41.8 Å². The number of amides is 2. The molecule has 0 fully saturated rings. The zero-order valence-electron chi connectivity index (χ0n) is 25.7. The first-order valence-corrected chi connectivity index (χ1v) is 16.8. The summed E-state index contributed by atoms with van der Waals surface area (Å²) >= 11 is 6.05. The Balaban J connectivity index is 1.82. The number of carbonyl (C=O) groups excluding carboxylic acids is 2. The normalized spacial score (nSPS) is 11.8. The number of hydrogen-bond donors (Lipinski definition) is 1. The lowest BCUT2D eigenvalue weighted by Gasteiger charge is -2.34. The number of sulfonamides is 1. The molecule has 0 radical (unpaired) electrons. The van der Waals surface area contributed by atoms with Crippen molar-refractivity contribution in [3.63, 3.8) is 0 Å². The molecule has 1 N–H and O–H groups in total. The predicted molar refractivity (Wildman–Crippen MR) is 178 cm³/mol. The minimum Gasteiger partial charge on any atom is -0.492 e. The molecule has 0 spiro atoms. The molecule has 0 heterocycles. The average molecular weight is 666 g/mol. The zero-order chi connectivity index (χ0) is 33.1. The minimum atomic E-state index is -4.34. The lowest BCUT2D eigenvalue weighted by Crippen LogP contribution is -2.53. The number of para-hydroxylation sites is 2. The van der Waals surface area contributed by atoms with Crippen LogP contribution in [-0.4, -0.2) is 50.9 Å². The first-order chi connectivity index (χ1) is 22.1. The maximum atomic E-state index is 14.5. The summed E-state index contributed by atoms with van der Waals surface area (Å²) in [5, 5.41) is 3.25. The molecule has 0 aliphatic heterocycles. The highest BCUT2D eigenvalue weighted by atomic mass is 35.5. The lowest BCUT2D eigenvalue weighted by molar-refractivity contribution is -0.140. The summed E-state index contributed by atoms with van der Waals surface area (Å²) in [6.07, 6.45) is 0.847. The summed E-state index contributed by atoms with van der Waals surface area (Å²) < 4.78 is 49.1. The molecule has 4 rings (SSSR count). The van der Waals surface area contributed by atoms with Gasteiger partial charge in [0.05, 0.1) is 17.2 Å². The molecule has 4 aromatic rings. The van der Waals surface area contributed by atoms with Crippen LogP contribution < -0.4 is 14.4 Å². The van der Waals surface area contributed by atoms with Gasteiger partial charge in [0.25, 0.3) is 10.0 Å². The first-order valence-electron chi connectivity index (χ1n) is 15.0. The van der Waals surface area contributed by atoms with Crippen LogP contribution >= 0.6 is 11.6 Å². The van der Waals surface area contributed by atoms with Crippen LogP contribution in [0.25, 0.3) is 0 Å². The van der Waals surface area contributed by atoms with Crippen molar-refractivity contribution in [3.8, 4) is 5.75 Å². The van der Waals surface area contributed by atoms with Gasteiger partial charge in [-0.05, 0) is 73.0 Å². The quantitative estimate of drug-likeness (QED) is 0.162. The largest absolute Gasteiger partial charge is 0.492 e. The Morgan fingerprint density at radius 1 is 0.870 bits per heavy atom. The molecule has 2 amide bonds. The summed E-state index contributed by atoms with van der Waals surface area (Å²) in [4.78, 5) is 29.5. The summed E-state index contributed by atoms with van der Waals surface area (Å²) in [6, 6.07) is 26.1. The van der Waals surface area contributed by atoms with E-state index in [1.807, 2.05) is 37.3 Å². The van der Waals surface area contributed by atoms with Gasteiger partial charge in [-0.3, -0.25) is 13.9 Å². The zero-order valence-corrected chi connectivity index (χ0v) is 27.3. The lowest BCUT2D eigenvalue weighted by atomic mass is 10.0. The van der Waals surface area contributed by atoms with Crippen molar-refractivity contribution in [1.29, 1.82) is 0 Å². The first kappa shape index (κ1) is 34.5. The van der Waals surface area contributed by atoms with Crippen molar-refractivity contribution >= 4 is 39.1 Å². The van der Waals surface area contributed by atoms with Gasteiger partial charge in [0.15, 0.2) is 0 Å². The van der Waals surface area contributed by atoms with Gasteiger partial charge < -0.3 is 15.0 Å². The van der Waals surface area contributed by atoms with Gasteiger partial charge in [-0.2, -0.15) is 0 Å². The number of anilines is 1. The minimum absolute atomic E-state index is 0.0713. The molecule has 0 saturated heterocycles. The SMILES string of the molecule is CCCNC(=O)[C@@H](Cc1ccccc1)N(Cc1ccc(F)cc1)C(=O)CN(c1ccccc1OCC)S(=O)(=O)c1ccc(Cl)cc1. The highest BCUT2D eigenvalue weighted by Crippen LogP contribution is 2.33. The third kappa shape index (κ3) is 8.86. The van der Waals surface area contributed by atoms with Gasteiger partial charge in [-0.15, -0.1) is 0 Å². The van der Waals surface area contributed by atoms with Crippen LogP contribution in [0.3, 0.4) is 0 Å². The number of nitrogens with one attached hydrogen (secondary N) is 1. The van der Waals surface area contributed by atoms with Crippen LogP contribution in [0, 0.1) is 5.82 Å². The molecule has 0 aliphatic rings. The molecule has 1 atom stereocenters. The fourth-order valence-electron chi connectivity index (χ4n) is 4.89. The van der Waals surface area contributed by atoms with Crippen molar-refractivity contribution in [2.45, 2.75) is 44.2 Å². The van der Waals surface area contributed by atoms with E-state index >= 15 is 0 Å². The average Bonchev–Trinajstić information content (AvgIpc) is 3.06. The Morgan fingerprint density at radius 2 is 1.52 bits per heavy atom. The molecule has 242 valence electrons. The Kier molecular flexibility index (Phi) is 12.2. The van der Waals surface area contributed by atoms with Gasteiger partial charge in [-0.25, -0.2) is 12.8 Å². The number of ether oxygens (including phenoxy) is 1. The molecular formula is C35H37ClFN3O5S. The van der Waals surface area contributed by atoms with Crippen molar-refractivity contribution < 1.29 is 27.1 Å². The van der Waals surface area contributed by atoms with Crippen LogP contribution in [0.4, 0.5) is 10.1 Å². The Hall–Kier alpha value is -4.41. The monoisotopic (exact) mass is 665 g/mol. The van der Waals surface area contributed by atoms with Gasteiger partial charge >= 0.3 is 0 Å². The molecule has 46 heavy (non-hydrogen) atoms. The standard InChI is InChI=1S/C35H37ClFN3O5S/c1-3-22-38-35(42)32(23-26-10-6-5-7-11-26)39(24-27-14-18-29(37)19-15-27)34(41)25-40(31-12-8-9-13-33(31)45-4-2)46(43,44)30-20-16-28(36)17-21-30/h5-21,32H,3-4,22-25H2,1-2H3,(H,38,42)/t32-/m1/s1. The fraction of sp³-hybridized carbons (Fsp3) is 0.257. The van der Waals surface area contributed by atoms with E-state index in [0.29, 0.717) is 23.6 Å². The van der Waals surface area contributed by atoms with Gasteiger partial charge in [0.2, 0.25) is 11.8 Å². The van der Waals surface area contributed by atoms with Crippen LogP contribution in [0.15, 0.2) is 108 Å². The highest BCUT2D eigenvalue weighted by Gasteiger charge is 2.35. The van der Waals surface area contributed by atoms with Crippen LogP contribution in [0.2, 0.25) is 5.02 Å². The number of nitrogens with zero attached hydrogens (tertiary/aromatic N) is 2. The molecule has 0 unspecified atom stereocenters. The van der Waals surface area contributed by atoms with Crippen molar-refractivity contribution in [3.05, 3.63) is 125 Å². The second kappa shape index (κ2) is 16.2. The van der Waals surface area contributed by atoms with Crippen molar-refractivity contribution in [2.24, 2.45) is 0 Å². The van der Waals surface area contributed by atoms with Crippen LogP contribution in [0.5, 0.6) is 5.75 Å². The van der Waals surface area contributed by atoms with Crippen LogP contribution in [0.1, 0.15) is 31.4 Å². The second-order valence-corrected chi connectivity index (χ2v) is 12.8. The highest BCUT2D eigenvalue weighted by molar-refractivity contribution is 7.92. The van der Waals surface area contributed by atoms with E-state index in [2.05, 4.69) is 5.32 Å². The third-order valence-corrected chi connectivity index (χ3v) is 9.23. The molecular weight excluding hydrogens is 629 g/mol. The number of carbonyl (C=O) groups is 2. The van der Waals surface area contributed by atoms with E-state index in [1.165, 1.54) is 53.4 Å². The Labute approximate surface area is 274 Å². The van der Waals surface area contributed by atoms with E-state index in [0.717, 1.165) is 9.87 Å². The van der Waals surface area contributed by atoms with Crippen molar-refractivity contribution in [2.75, 3.05) is 24.0 Å². The summed E-state index contributed by atoms with van der Waals surface area (Å²) in [6.45, 7) is 3.62. The topological polar surface area (TPSA) is 96.0 Å². The van der Waals surface area contributed by atoms with E-state index < -0.39 is 34.3 Å².